The molecule has 52 heavy (non-hydrogen) atoms. The van der Waals surface area contributed by atoms with E-state index in [1.54, 1.807) is 44.9 Å². The molecular formula is C40H71N5O7. The molecule has 0 radical (unpaired) electrons. The summed E-state index contributed by atoms with van der Waals surface area (Å²) in [5.74, 6) is -1.57. The molecule has 0 bridgehead atoms. The second kappa shape index (κ2) is 21.2. The van der Waals surface area contributed by atoms with E-state index >= 15 is 0 Å². The largest absolute Gasteiger partial charge is 0.390 e. The second-order valence-electron chi connectivity index (χ2n) is 16.0. The topological polar surface area (TPSA) is 141 Å². The summed E-state index contributed by atoms with van der Waals surface area (Å²) in [6.45, 7) is 16.0. The number of allylic oxidation sites excluding steroid dienone is 3. The van der Waals surface area contributed by atoms with Crippen molar-refractivity contribution < 1.29 is 33.8 Å². The molecule has 1 saturated heterocycles. The number of nitrogens with one attached hydrogen (secondary N) is 2. The van der Waals surface area contributed by atoms with Gasteiger partial charge in [-0.15, -0.1) is 0 Å². The van der Waals surface area contributed by atoms with Gasteiger partial charge in [0, 0.05) is 33.7 Å². The van der Waals surface area contributed by atoms with Gasteiger partial charge in [-0.05, 0) is 58.0 Å². The van der Waals surface area contributed by atoms with Crippen LogP contribution in [0.4, 0.5) is 0 Å². The molecule has 12 heteroatoms. The van der Waals surface area contributed by atoms with Gasteiger partial charge in [0.05, 0.1) is 54.8 Å². The normalized spacial score (nSPS) is 22.8. The van der Waals surface area contributed by atoms with E-state index in [1.165, 1.54) is 0 Å². The van der Waals surface area contributed by atoms with Gasteiger partial charge in [-0.2, -0.15) is 0 Å². The van der Waals surface area contributed by atoms with Crippen LogP contribution in [0.5, 0.6) is 0 Å². The molecule has 298 valence electrons. The van der Waals surface area contributed by atoms with Crippen molar-refractivity contribution in [1.29, 1.82) is 0 Å². The van der Waals surface area contributed by atoms with Gasteiger partial charge in [-0.25, -0.2) is 0 Å². The van der Waals surface area contributed by atoms with Crippen molar-refractivity contribution in [2.24, 2.45) is 29.6 Å². The van der Waals surface area contributed by atoms with Crippen LogP contribution in [0.25, 0.3) is 0 Å². The van der Waals surface area contributed by atoms with Crippen LogP contribution in [-0.4, -0.2) is 134 Å². The Balaban J connectivity index is 2.24. The minimum absolute atomic E-state index is 0.0114. The molecule has 1 heterocycles. The third kappa shape index (κ3) is 11.6. The molecule has 0 aromatic heterocycles. The lowest BCUT2D eigenvalue weighted by molar-refractivity contribution is -0.148. The summed E-state index contributed by atoms with van der Waals surface area (Å²) in [4.78, 5) is 60.6. The zero-order valence-corrected chi connectivity index (χ0v) is 34.3. The first-order chi connectivity index (χ1) is 24.4. The van der Waals surface area contributed by atoms with E-state index in [2.05, 4.69) is 10.6 Å². The van der Waals surface area contributed by atoms with Crippen LogP contribution in [0, 0.1) is 29.6 Å². The average molecular weight is 734 g/mol. The Morgan fingerprint density at radius 2 is 1.58 bits per heavy atom. The minimum Gasteiger partial charge on any atom is -0.390 e. The second-order valence-corrected chi connectivity index (χ2v) is 16.0. The zero-order valence-electron chi connectivity index (χ0n) is 34.3. The highest BCUT2D eigenvalue weighted by Crippen LogP contribution is 2.30. The van der Waals surface area contributed by atoms with Crippen molar-refractivity contribution >= 4 is 23.6 Å². The molecule has 1 fully saturated rings. The number of aliphatic hydroxyl groups excluding tert-OH is 1. The number of nitrogens with zero attached hydrogens (tertiary/aromatic N) is 3. The standard InChI is InChI=1S/C40H71N5O7/c1-14-26(6)35(44(11)40(50)33(24(2)3)42-39(49)34(25(4)5)43(9)10)31(51-12)23-32(46)45-22-18-21-30(45)37(52-13)27(7)38(48)41-28(8)36(47)29-19-16-15-17-20-29/h15-17,19,24-31,33-37,47H,14,18,20-23H2,1-13H3,(H,41,48)(H,42,49)/t26-,27+,28+,29?,30-,31+,33-,34-,35-,36+,37+/m0/s1. The quantitative estimate of drug-likeness (QED) is 0.173. The van der Waals surface area contributed by atoms with E-state index < -0.39 is 42.4 Å². The van der Waals surface area contributed by atoms with Crippen molar-refractivity contribution in [3.63, 3.8) is 0 Å². The molecule has 0 spiro atoms. The molecule has 0 saturated carbocycles. The molecule has 1 unspecified atom stereocenters. The van der Waals surface area contributed by atoms with Gasteiger partial charge in [-0.1, -0.05) is 79.2 Å². The van der Waals surface area contributed by atoms with Crippen molar-refractivity contribution in [3.8, 4) is 0 Å². The number of aliphatic hydroxyl groups is 1. The van der Waals surface area contributed by atoms with Gasteiger partial charge in [-0.3, -0.25) is 24.1 Å². The molecule has 1 aliphatic heterocycles. The molecule has 2 aliphatic rings. The smallest absolute Gasteiger partial charge is 0.245 e. The Morgan fingerprint density at radius 1 is 0.923 bits per heavy atom. The van der Waals surface area contributed by atoms with Gasteiger partial charge in [0.1, 0.15) is 6.04 Å². The molecule has 2 rings (SSSR count). The van der Waals surface area contributed by atoms with E-state index in [9.17, 15) is 24.3 Å². The Morgan fingerprint density at radius 3 is 2.08 bits per heavy atom. The van der Waals surface area contributed by atoms with Crippen molar-refractivity contribution in [3.05, 3.63) is 24.3 Å². The first-order valence-electron chi connectivity index (χ1n) is 19.3. The Bertz CT molecular complexity index is 1210. The van der Waals surface area contributed by atoms with Crippen LogP contribution in [-0.2, 0) is 28.7 Å². The summed E-state index contributed by atoms with van der Waals surface area (Å²) < 4.78 is 11.9. The Hall–Kier alpha value is -2.80. The van der Waals surface area contributed by atoms with Gasteiger partial charge in [0.25, 0.3) is 0 Å². The van der Waals surface area contributed by atoms with Crippen LogP contribution < -0.4 is 10.6 Å². The number of hydrogen-bond acceptors (Lipinski definition) is 8. The minimum atomic E-state index is -0.753. The summed E-state index contributed by atoms with van der Waals surface area (Å²) in [6.07, 6.45) is 8.86. The molecule has 0 aromatic rings. The molecule has 0 aromatic carbocycles. The summed E-state index contributed by atoms with van der Waals surface area (Å²) in [5.41, 5.74) is 0. The number of amides is 4. The lowest BCUT2D eigenvalue weighted by Gasteiger charge is -2.41. The zero-order chi connectivity index (χ0) is 39.4. The van der Waals surface area contributed by atoms with Crippen molar-refractivity contribution in [1.82, 2.24) is 25.3 Å². The lowest BCUT2D eigenvalue weighted by Crippen LogP contribution is -2.59. The van der Waals surface area contributed by atoms with Crippen LogP contribution in [0.3, 0.4) is 0 Å². The van der Waals surface area contributed by atoms with Crippen LogP contribution >= 0.6 is 0 Å². The predicted molar refractivity (Wildman–Crippen MR) is 205 cm³/mol. The van der Waals surface area contributed by atoms with E-state index in [0.717, 1.165) is 12.8 Å². The highest BCUT2D eigenvalue weighted by atomic mass is 16.5. The summed E-state index contributed by atoms with van der Waals surface area (Å²) >= 11 is 0. The first kappa shape index (κ1) is 45.4. The van der Waals surface area contributed by atoms with Crippen LogP contribution in [0.1, 0.15) is 87.5 Å². The monoisotopic (exact) mass is 734 g/mol. The SMILES string of the molecule is CC[C@H](C)[C@@H]([C@@H](CC(=O)N1CCC[C@H]1[C@H](OC)[C@@H](C)C(=O)N[C@H](C)[C@@H](O)C1C=CC=CC1)OC)N(C)C(=O)[C@@H](NC(=O)[C@H](C(C)C)N(C)C)C(C)C. The highest BCUT2D eigenvalue weighted by molar-refractivity contribution is 5.90. The number of methoxy groups -OCH3 is 2. The third-order valence-electron chi connectivity index (χ3n) is 11.3. The molecule has 12 nitrogen and oxygen atoms in total. The van der Waals surface area contributed by atoms with Gasteiger partial charge in [0.15, 0.2) is 0 Å². The Labute approximate surface area is 314 Å². The molecular weight excluding hydrogens is 662 g/mol. The summed E-state index contributed by atoms with van der Waals surface area (Å²) in [6, 6.07) is -2.38. The van der Waals surface area contributed by atoms with E-state index in [-0.39, 0.29) is 65.8 Å². The number of rotatable bonds is 20. The van der Waals surface area contributed by atoms with E-state index in [1.807, 2.05) is 84.8 Å². The van der Waals surface area contributed by atoms with Crippen molar-refractivity contribution in [2.45, 2.75) is 136 Å². The predicted octanol–water partition coefficient (Wildman–Crippen LogP) is 3.63. The molecule has 1 aliphatic carbocycles. The fourth-order valence-corrected chi connectivity index (χ4v) is 8.08. The van der Waals surface area contributed by atoms with E-state index in [0.29, 0.717) is 19.4 Å². The van der Waals surface area contributed by atoms with Crippen molar-refractivity contribution in [2.75, 3.05) is 41.9 Å². The maximum absolute atomic E-state index is 14.2. The number of likely N-dealkylation sites (N-methyl/N-ethyl adjacent to an activating group) is 2. The lowest BCUT2D eigenvalue weighted by atomic mass is 9.89. The van der Waals surface area contributed by atoms with Gasteiger partial charge >= 0.3 is 0 Å². The van der Waals surface area contributed by atoms with Crippen LogP contribution in [0.15, 0.2) is 24.3 Å². The first-order valence-corrected chi connectivity index (χ1v) is 19.3. The summed E-state index contributed by atoms with van der Waals surface area (Å²) in [5, 5.41) is 16.9. The molecule has 3 N–H and O–H groups in total. The number of likely N-dealkylation sites (tertiary alicyclic amines) is 1. The van der Waals surface area contributed by atoms with Gasteiger partial charge < -0.3 is 35.0 Å². The number of hydrogen-bond donors (Lipinski definition) is 3. The maximum Gasteiger partial charge on any atom is 0.245 e. The average Bonchev–Trinajstić information content (AvgIpc) is 3.59. The summed E-state index contributed by atoms with van der Waals surface area (Å²) in [7, 11) is 8.59. The number of carbonyl (C=O) groups is 4. The molecule has 4 amide bonds. The van der Waals surface area contributed by atoms with Crippen LogP contribution in [0.2, 0.25) is 0 Å². The van der Waals surface area contributed by atoms with Gasteiger partial charge in [0.2, 0.25) is 23.6 Å². The number of carbonyl (C=O) groups excluding carboxylic acids is 4. The highest BCUT2D eigenvalue weighted by Gasteiger charge is 2.43. The number of ether oxygens (including phenoxy) is 2. The fourth-order valence-electron chi connectivity index (χ4n) is 8.08. The Kier molecular flexibility index (Phi) is 18.5. The maximum atomic E-state index is 14.2. The third-order valence-corrected chi connectivity index (χ3v) is 11.3. The fraction of sp³-hybridized carbons (Fsp3) is 0.800. The van der Waals surface area contributed by atoms with E-state index in [4.69, 9.17) is 9.47 Å². The molecule has 11 atom stereocenters.